The van der Waals surface area contributed by atoms with Gasteiger partial charge in [-0.25, -0.2) is 9.18 Å². The molecule has 1 aliphatic heterocycles. The van der Waals surface area contributed by atoms with Gasteiger partial charge in [-0.3, -0.25) is 14.5 Å². The monoisotopic (exact) mass is 623 g/mol. The smallest absolute Gasteiger partial charge is 0.410 e. The minimum atomic E-state index is -1.14. The second-order valence-corrected chi connectivity index (χ2v) is 12.3. The van der Waals surface area contributed by atoms with Gasteiger partial charge in [0.15, 0.2) is 0 Å². The van der Waals surface area contributed by atoms with Crippen molar-refractivity contribution in [3.8, 4) is 11.5 Å². The summed E-state index contributed by atoms with van der Waals surface area (Å²) in [6.07, 6.45) is -0.435. The minimum Gasteiger partial charge on any atom is -0.457 e. The number of piperazine rings is 1. The van der Waals surface area contributed by atoms with Gasteiger partial charge in [0.25, 0.3) is 5.91 Å². The molecule has 8 nitrogen and oxygen atoms in total. The molecule has 0 aliphatic carbocycles. The zero-order chi connectivity index (χ0) is 32.0. The van der Waals surface area contributed by atoms with Gasteiger partial charge in [0.05, 0.1) is 6.04 Å². The fraction of sp³-hybridized carbons (Fsp3) is 0.382. The Labute approximate surface area is 263 Å². The fourth-order valence-electron chi connectivity index (χ4n) is 5.15. The van der Waals surface area contributed by atoms with Crippen molar-refractivity contribution in [1.82, 2.24) is 9.80 Å². The van der Waals surface area contributed by atoms with E-state index in [-0.39, 0.29) is 43.4 Å². The van der Waals surface area contributed by atoms with Gasteiger partial charge in [-0.05, 0) is 80.8 Å². The van der Waals surface area contributed by atoms with Crippen LogP contribution in [0, 0.1) is 11.7 Å². The number of anilines is 1. The van der Waals surface area contributed by atoms with E-state index in [0.717, 1.165) is 0 Å². The largest absolute Gasteiger partial charge is 0.457 e. The number of halogens is 2. The molecule has 44 heavy (non-hydrogen) atoms. The number of rotatable bonds is 8. The van der Waals surface area contributed by atoms with Crippen LogP contribution >= 0.6 is 11.6 Å². The first kappa shape index (κ1) is 32.8. The molecule has 2 unspecified atom stereocenters. The summed E-state index contributed by atoms with van der Waals surface area (Å²) in [5, 5.41) is 0. The maximum Gasteiger partial charge on any atom is 0.410 e. The fourth-order valence-corrected chi connectivity index (χ4v) is 5.28. The Hall–Kier alpha value is -4.11. The molecule has 0 spiro atoms. The van der Waals surface area contributed by atoms with Gasteiger partial charge in [-0.2, -0.15) is 0 Å². The van der Waals surface area contributed by atoms with Crippen LogP contribution in [-0.4, -0.2) is 64.9 Å². The molecule has 3 amide bonds. The molecule has 10 heteroatoms. The molecule has 3 aromatic rings. The number of para-hydroxylation sites is 1. The Bertz CT molecular complexity index is 1430. The third-order valence-electron chi connectivity index (χ3n) is 7.28. The molecule has 3 aromatic carbocycles. The lowest BCUT2D eigenvalue weighted by atomic mass is 9.97. The maximum atomic E-state index is 14.4. The highest BCUT2D eigenvalue weighted by atomic mass is 35.5. The Kier molecular flexibility index (Phi) is 10.5. The van der Waals surface area contributed by atoms with E-state index in [0.29, 0.717) is 22.7 Å². The average molecular weight is 624 g/mol. The van der Waals surface area contributed by atoms with Crippen molar-refractivity contribution in [2.24, 2.45) is 5.92 Å². The van der Waals surface area contributed by atoms with Crippen LogP contribution in [0.1, 0.15) is 46.2 Å². The van der Waals surface area contributed by atoms with Gasteiger partial charge >= 0.3 is 6.09 Å². The second kappa shape index (κ2) is 14.1. The van der Waals surface area contributed by atoms with Crippen molar-refractivity contribution >= 4 is 35.2 Å². The van der Waals surface area contributed by atoms with E-state index in [2.05, 4.69) is 0 Å². The van der Waals surface area contributed by atoms with E-state index < -0.39 is 29.5 Å². The molecule has 0 saturated carbocycles. The van der Waals surface area contributed by atoms with E-state index in [9.17, 15) is 18.8 Å². The summed E-state index contributed by atoms with van der Waals surface area (Å²) in [6.45, 7) is 10.1. The number of hydrogen-bond acceptors (Lipinski definition) is 5. The van der Waals surface area contributed by atoms with Crippen LogP contribution in [-0.2, 0) is 14.3 Å². The number of carbonyl (C=O) groups excluding carboxylic acids is 3. The Balaban J connectivity index is 1.67. The number of ether oxygens (including phenoxy) is 2. The normalized spacial score (nSPS) is 16.0. The van der Waals surface area contributed by atoms with Crippen LogP contribution in [0.15, 0.2) is 78.9 Å². The summed E-state index contributed by atoms with van der Waals surface area (Å²) < 4.78 is 25.5. The van der Waals surface area contributed by atoms with Crippen molar-refractivity contribution in [3.05, 3.63) is 90.2 Å². The van der Waals surface area contributed by atoms with Gasteiger partial charge in [0.2, 0.25) is 5.91 Å². The summed E-state index contributed by atoms with van der Waals surface area (Å²) in [4.78, 5) is 45.6. The topological polar surface area (TPSA) is 79.4 Å². The van der Waals surface area contributed by atoms with Crippen LogP contribution in [0.5, 0.6) is 11.5 Å². The molecule has 1 saturated heterocycles. The maximum absolute atomic E-state index is 14.4. The SMILES string of the molecule is CC(C)C1CN(C(=O)C(c2ccc(F)cc2)N(C(=O)CCl)c2ccc(Oc3ccccc3)cc2)CCN1C(=O)OC(C)(C)C. The molecule has 4 rings (SSSR count). The second-order valence-electron chi connectivity index (χ2n) is 12.0. The number of hydrogen-bond donors (Lipinski definition) is 0. The van der Waals surface area contributed by atoms with Crippen LogP contribution in [0.2, 0.25) is 0 Å². The third-order valence-corrected chi connectivity index (χ3v) is 7.51. The standard InChI is InChI=1S/C34H39ClFN3O5/c1-23(2)29-22-37(19-20-38(29)33(42)44-34(3,4)5)32(41)31(24-11-13-25(36)14-12-24)39(30(40)21-35)26-15-17-28(18-16-26)43-27-9-7-6-8-10-27/h6-18,23,29,31H,19-22H2,1-5H3. The van der Waals surface area contributed by atoms with E-state index in [1.165, 1.54) is 29.2 Å². The lowest BCUT2D eigenvalue weighted by Crippen LogP contribution is -2.60. The predicted molar refractivity (Wildman–Crippen MR) is 168 cm³/mol. The molecule has 1 heterocycles. The zero-order valence-corrected chi connectivity index (χ0v) is 26.5. The summed E-state index contributed by atoms with van der Waals surface area (Å²) >= 11 is 6.10. The first-order valence-corrected chi connectivity index (χ1v) is 15.2. The molecule has 0 aromatic heterocycles. The zero-order valence-electron chi connectivity index (χ0n) is 25.7. The van der Waals surface area contributed by atoms with Crippen molar-refractivity contribution in [2.75, 3.05) is 30.4 Å². The first-order valence-electron chi connectivity index (χ1n) is 14.6. The lowest BCUT2D eigenvalue weighted by Gasteiger charge is -2.45. The van der Waals surface area contributed by atoms with Gasteiger partial charge in [-0.15, -0.1) is 11.6 Å². The summed E-state index contributed by atoms with van der Waals surface area (Å²) in [5.41, 5.74) is 0.185. The van der Waals surface area contributed by atoms with Gasteiger partial charge in [0, 0.05) is 25.3 Å². The van der Waals surface area contributed by atoms with Crippen molar-refractivity contribution in [1.29, 1.82) is 0 Å². The van der Waals surface area contributed by atoms with Crippen molar-refractivity contribution < 1.29 is 28.2 Å². The van der Waals surface area contributed by atoms with Crippen LogP contribution in [0.4, 0.5) is 14.9 Å². The van der Waals surface area contributed by atoms with Gasteiger partial charge in [-0.1, -0.05) is 44.2 Å². The van der Waals surface area contributed by atoms with E-state index >= 15 is 0 Å². The van der Waals surface area contributed by atoms with Crippen molar-refractivity contribution in [3.63, 3.8) is 0 Å². The number of carbonyl (C=O) groups is 3. The highest BCUT2D eigenvalue weighted by Crippen LogP contribution is 2.33. The van der Waals surface area contributed by atoms with E-state index in [4.69, 9.17) is 21.1 Å². The lowest BCUT2D eigenvalue weighted by molar-refractivity contribution is -0.137. The van der Waals surface area contributed by atoms with Gasteiger partial charge in [0.1, 0.15) is 34.8 Å². The molecule has 1 aliphatic rings. The number of amides is 3. The van der Waals surface area contributed by atoms with Crippen molar-refractivity contribution in [2.45, 2.75) is 52.3 Å². The Morgan fingerprint density at radius 1 is 0.932 bits per heavy atom. The molecule has 234 valence electrons. The quantitative estimate of drug-likeness (QED) is 0.252. The molecule has 2 atom stereocenters. The van der Waals surface area contributed by atoms with E-state index in [1.54, 1.807) is 34.1 Å². The molecule has 0 bridgehead atoms. The van der Waals surface area contributed by atoms with Crippen LogP contribution < -0.4 is 9.64 Å². The first-order chi connectivity index (χ1) is 20.9. The molecular formula is C34H39ClFN3O5. The third kappa shape index (κ3) is 8.08. The number of alkyl halides is 1. The Morgan fingerprint density at radius 3 is 2.11 bits per heavy atom. The summed E-state index contributed by atoms with van der Waals surface area (Å²) in [6, 6.07) is 20.1. The Morgan fingerprint density at radius 2 is 1.55 bits per heavy atom. The molecule has 1 fully saturated rings. The molecular weight excluding hydrogens is 585 g/mol. The highest BCUT2D eigenvalue weighted by Gasteiger charge is 2.41. The predicted octanol–water partition coefficient (Wildman–Crippen LogP) is 7.04. The molecule has 0 N–H and O–H groups in total. The van der Waals surface area contributed by atoms with Crippen LogP contribution in [0.3, 0.4) is 0 Å². The average Bonchev–Trinajstić information content (AvgIpc) is 2.99. The summed E-state index contributed by atoms with van der Waals surface area (Å²) in [7, 11) is 0. The van der Waals surface area contributed by atoms with Gasteiger partial charge < -0.3 is 19.3 Å². The number of benzene rings is 3. The van der Waals surface area contributed by atoms with E-state index in [1.807, 2.05) is 65.0 Å². The molecule has 0 radical (unpaired) electrons. The minimum absolute atomic E-state index is 0.0140. The van der Waals surface area contributed by atoms with Crippen LogP contribution in [0.25, 0.3) is 0 Å². The highest BCUT2D eigenvalue weighted by molar-refractivity contribution is 6.29. The number of nitrogens with zero attached hydrogens (tertiary/aromatic N) is 3. The summed E-state index contributed by atoms with van der Waals surface area (Å²) in [5.74, 6) is -0.509.